The van der Waals surface area contributed by atoms with Gasteiger partial charge in [0.05, 0.1) is 18.8 Å². The number of aromatic nitrogens is 1. The maximum absolute atomic E-state index is 13.6. The second-order valence-corrected chi connectivity index (χ2v) is 6.18. The van der Waals surface area contributed by atoms with E-state index < -0.39 is 11.9 Å². The summed E-state index contributed by atoms with van der Waals surface area (Å²) in [7, 11) is 0. The lowest BCUT2D eigenvalue weighted by Crippen LogP contribution is -2.34. The summed E-state index contributed by atoms with van der Waals surface area (Å²) in [5.41, 5.74) is 2.28. The molecule has 28 heavy (non-hydrogen) atoms. The Labute approximate surface area is 162 Å². The lowest BCUT2D eigenvalue weighted by molar-refractivity contribution is -0.142. The molecule has 1 aliphatic heterocycles. The van der Waals surface area contributed by atoms with Gasteiger partial charge in [-0.2, -0.15) is 0 Å². The van der Waals surface area contributed by atoms with Crippen molar-refractivity contribution >= 4 is 17.5 Å². The van der Waals surface area contributed by atoms with Crippen LogP contribution < -0.4 is 0 Å². The first-order valence-corrected chi connectivity index (χ1v) is 9.06. The predicted octanol–water partition coefficient (Wildman–Crippen LogP) is 3.07. The summed E-state index contributed by atoms with van der Waals surface area (Å²) in [6.07, 6.45) is 3.21. The van der Waals surface area contributed by atoms with Gasteiger partial charge in [0.2, 0.25) is 0 Å². The summed E-state index contributed by atoms with van der Waals surface area (Å²) in [6.45, 7) is 4.28. The fourth-order valence-corrected chi connectivity index (χ4v) is 3.20. The number of hydrogen-bond donors (Lipinski definition) is 0. The molecule has 0 unspecified atom stereocenters. The Hall–Kier alpha value is -3.22. The van der Waals surface area contributed by atoms with E-state index in [1.165, 1.54) is 12.1 Å². The third-order valence-corrected chi connectivity index (χ3v) is 4.30. The Morgan fingerprint density at radius 3 is 2.61 bits per heavy atom. The molecule has 6 nitrogen and oxygen atoms in total. The summed E-state index contributed by atoms with van der Waals surface area (Å²) >= 11 is 0. The van der Waals surface area contributed by atoms with E-state index in [-0.39, 0.29) is 36.8 Å². The molecule has 7 heteroatoms. The van der Waals surface area contributed by atoms with Gasteiger partial charge in [-0.05, 0) is 48.7 Å². The minimum atomic E-state index is -0.621. The van der Waals surface area contributed by atoms with Crippen LogP contribution in [0.25, 0.3) is 5.57 Å². The highest BCUT2D eigenvalue weighted by molar-refractivity contribution is 6.23. The van der Waals surface area contributed by atoms with Crippen molar-refractivity contribution in [2.75, 3.05) is 13.2 Å². The minimum absolute atomic E-state index is 0.114. The van der Waals surface area contributed by atoms with Crippen LogP contribution in [0.1, 0.15) is 30.5 Å². The Bertz CT molecular complexity index is 926. The number of rotatable bonds is 6. The normalized spacial score (nSPS) is 13.2. The van der Waals surface area contributed by atoms with Gasteiger partial charge in [-0.3, -0.25) is 4.98 Å². The van der Waals surface area contributed by atoms with Crippen molar-refractivity contribution in [2.45, 2.75) is 26.9 Å². The summed E-state index contributed by atoms with van der Waals surface area (Å²) in [5, 5.41) is 0. The van der Waals surface area contributed by atoms with Crippen LogP contribution in [0.15, 0.2) is 48.4 Å². The van der Waals surface area contributed by atoms with Crippen LogP contribution in [0.2, 0.25) is 0 Å². The number of pyridine rings is 1. The van der Waals surface area contributed by atoms with E-state index in [1.54, 1.807) is 49.3 Å². The van der Waals surface area contributed by atoms with Crippen LogP contribution in [0.3, 0.4) is 0 Å². The van der Waals surface area contributed by atoms with Crippen molar-refractivity contribution in [3.05, 3.63) is 70.9 Å². The van der Waals surface area contributed by atoms with Crippen molar-refractivity contribution in [1.82, 2.24) is 9.88 Å². The number of esters is 2. The van der Waals surface area contributed by atoms with Crippen molar-refractivity contribution in [3.63, 3.8) is 0 Å². The molecule has 0 amide bonds. The van der Waals surface area contributed by atoms with E-state index in [9.17, 15) is 14.0 Å². The van der Waals surface area contributed by atoms with E-state index >= 15 is 0 Å². The topological polar surface area (TPSA) is 68.7 Å². The molecule has 0 atom stereocenters. The molecule has 146 valence electrons. The van der Waals surface area contributed by atoms with Gasteiger partial charge in [-0.1, -0.05) is 12.1 Å². The predicted molar refractivity (Wildman–Crippen MR) is 100 cm³/mol. The fourth-order valence-electron chi connectivity index (χ4n) is 3.20. The number of nitrogens with zero attached hydrogens (tertiary/aromatic N) is 2. The highest BCUT2D eigenvalue weighted by Crippen LogP contribution is 2.34. The number of benzene rings is 1. The molecule has 0 saturated carbocycles. The van der Waals surface area contributed by atoms with E-state index in [1.807, 2.05) is 0 Å². The average Bonchev–Trinajstić information content (AvgIpc) is 2.67. The zero-order valence-corrected chi connectivity index (χ0v) is 15.8. The molecule has 0 fully saturated rings. The maximum atomic E-state index is 13.6. The number of fused-ring (bicyclic) bond motifs is 1. The Morgan fingerprint density at radius 1 is 1.14 bits per heavy atom. The molecule has 0 spiro atoms. The van der Waals surface area contributed by atoms with Gasteiger partial charge in [-0.25, -0.2) is 14.0 Å². The van der Waals surface area contributed by atoms with Crippen LogP contribution in [0.5, 0.6) is 0 Å². The van der Waals surface area contributed by atoms with Crippen molar-refractivity contribution in [2.24, 2.45) is 0 Å². The molecule has 1 aromatic carbocycles. The second kappa shape index (κ2) is 8.65. The van der Waals surface area contributed by atoms with Gasteiger partial charge < -0.3 is 14.4 Å². The summed E-state index contributed by atoms with van der Waals surface area (Å²) in [5.74, 6) is -1.60. The molecule has 0 saturated heterocycles. The van der Waals surface area contributed by atoms with E-state index in [2.05, 4.69) is 4.98 Å². The largest absolute Gasteiger partial charge is 0.462 e. The molecule has 2 aromatic rings. The number of hydrogen-bond acceptors (Lipinski definition) is 6. The van der Waals surface area contributed by atoms with Gasteiger partial charge in [0.1, 0.15) is 11.5 Å². The van der Waals surface area contributed by atoms with E-state index in [0.29, 0.717) is 17.7 Å². The Balaban J connectivity index is 2.13. The molecule has 1 aliphatic rings. The third-order valence-electron chi connectivity index (χ3n) is 4.30. The number of ether oxygens (including phenoxy) is 2. The van der Waals surface area contributed by atoms with Crippen LogP contribution in [0.4, 0.5) is 4.39 Å². The smallest absolute Gasteiger partial charge is 0.355 e. The molecule has 0 aliphatic carbocycles. The minimum Gasteiger partial charge on any atom is -0.462 e. The zero-order chi connectivity index (χ0) is 20.1. The molecule has 3 rings (SSSR count). The lowest BCUT2D eigenvalue weighted by Gasteiger charge is -2.33. The maximum Gasteiger partial charge on any atom is 0.355 e. The van der Waals surface area contributed by atoms with E-state index in [4.69, 9.17) is 9.47 Å². The van der Waals surface area contributed by atoms with Gasteiger partial charge in [0.15, 0.2) is 0 Å². The van der Waals surface area contributed by atoms with Crippen LogP contribution >= 0.6 is 0 Å². The first kappa shape index (κ1) is 19.5. The monoisotopic (exact) mass is 384 g/mol. The molecule has 1 aromatic heterocycles. The summed E-state index contributed by atoms with van der Waals surface area (Å²) < 4.78 is 24.0. The second-order valence-electron chi connectivity index (χ2n) is 6.18. The van der Waals surface area contributed by atoms with Gasteiger partial charge in [0.25, 0.3) is 0 Å². The number of carbonyl (C=O) groups excluding carboxylic acids is 2. The number of carbonyl (C=O) groups is 2. The molecule has 0 radical (unpaired) electrons. The fraction of sp³-hybridized carbons (Fsp3) is 0.286. The third kappa shape index (κ3) is 4.03. The zero-order valence-electron chi connectivity index (χ0n) is 15.8. The molecule has 2 heterocycles. The standard InChI is InChI=1S/C21H21FN2O4/c1-3-27-20(25)18-17-8-9-23-11-15(17)13-24(19(18)21(26)28-4-2)12-14-6-5-7-16(22)10-14/h5-11H,3-4,12-13H2,1-2H3. The van der Waals surface area contributed by atoms with Gasteiger partial charge in [0, 0.05) is 25.5 Å². The van der Waals surface area contributed by atoms with Gasteiger partial charge >= 0.3 is 11.9 Å². The van der Waals surface area contributed by atoms with E-state index in [0.717, 1.165) is 5.56 Å². The first-order valence-electron chi connectivity index (χ1n) is 9.06. The quantitative estimate of drug-likeness (QED) is 0.713. The van der Waals surface area contributed by atoms with Crippen LogP contribution in [0, 0.1) is 5.82 Å². The highest BCUT2D eigenvalue weighted by Gasteiger charge is 2.34. The molecular weight excluding hydrogens is 363 g/mol. The molecule has 0 bridgehead atoms. The van der Waals surface area contributed by atoms with Crippen molar-refractivity contribution in [1.29, 1.82) is 0 Å². The van der Waals surface area contributed by atoms with Crippen molar-refractivity contribution in [3.8, 4) is 0 Å². The summed E-state index contributed by atoms with van der Waals surface area (Å²) in [6, 6.07) is 7.79. The van der Waals surface area contributed by atoms with Gasteiger partial charge in [-0.15, -0.1) is 0 Å². The lowest BCUT2D eigenvalue weighted by atomic mass is 9.94. The molecular formula is C21H21FN2O4. The van der Waals surface area contributed by atoms with Crippen LogP contribution in [-0.2, 0) is 32.2 Å². The Kier molecular flexibility index (Phi) is 6.03. The van der Waals surface area contributed by atoms with Crippen molar-refractivity contribution < 1.29 is 23.5 Å². The SMILES string of the molecule is CCOC(=O)C1=C(C(=O)OCC)N(Cc2cccc(F)c2)Cc2cnccc21. The summed E-state index contributed by atoms with van der Waals surface area (Å²) in [4.78, 5) is 31.3. The number of halogens is 1. The molecule has 0 N–H and O–H groups in total. The van der Waals surface area contributed by atoms with Crippen LogP contribution in [-0.4, -0.2) is 35.0 Å². The Morgan fingerprint density at radius 2 is 1.89 bits per heavy atom. The average molecular weight is 384 g/mol. The first-order chi connectivity index (χ1) is 13.5. The highest BCUT2D eigenvalue weighted by atomic mass is 19.1.